The molecular formula is C13H26N2O2. The van der Waals surface area contributed by atoms with E-state index >= 15 is 0 Å². The molecule has 1 aliphatic rings. The first-order chi connectivity index (χ1) is 8.13. The second-order valence-electron chi connectivity index (χ2n) is 5.13. The third-order valence-corrected chi connectivity index (χ3v) is 3.44. The number of rotatable bonds is 7. The molecule has 2 unspecified atom stereocenters. The second-order valence-corrected chi connectivity index (χ2v) is 5.13. The molecule has 2 atom stereocenters. The molecule has 0 spiro atoms. The molecule has 1 heterocycles. The Balaban J connectivity index is 2.17. The zero-order chi connectivity index (χ0) is 12.7. The first-order valence-electron chi connectivity index (χ1n) is 6.69. The van der Waals surface area contributed by atoms with Gasteiger partial charge in [-0.1, -0.05) is 6.92 Å². The van der Waals surface area contributed by atoms with E-state index in [9.17, 15) is 4.79 Å². The molecule has 0 bridgehead atoms. The van der Waals surface area contributed by atoms with Crippen LogP contribution in [-0.2, 0) is 9.53 Å². The van der Waals surface area contributed by atoms with Crippen LogP contribution in [0.15, 0.2) is 0 Å². The van der Waals surface area contributed by atoms with Gasteiger partial charge in [0.1, 0.15) is 0 Å². The molecule has 0 aromatic carbocycles. The molecule has 1 amide bonds. The normalized spacial score (nSPS) is 21.5. The van der Waals surface area contributed by atoms with Crippen molar-refractivity contribution >= 4 is 5.91 Å². The molecule has 4 nitrogen and oxygen atoms in total. The predicted molar refractivity (Wildman–Crippen MR) is 68.7 cm³/mol. The number of amides is 1. The lowest BCUT2D eigenvalue weighted by Crippen LogP contribution is -2.34. The lowest BCUT2D eigenvalue weighted by molar-refractivity contribution is -0.131. The van der Waals surface area contributed by atoms with E-state index < -0.39 is 0 Å². The number of carbonyl (C=O) groups excluding carboxylic acids is 1. The molecule has 0 aliphatic carbocycles. The Labute approximate surface area is 104 Å². The van der Waals surface area contributed by atoms with Gasteiger partial charge in [0.2, 0.25) is 5.91 Å². The number of hydrogen-bond donors (Lipinski definition) is 1. The summed E-state index contributed by atoms with van der Waals surface area (Å²) in [5, 5.41) is 0. The van der Waals surface area contributed by atoms with E-state index in [1.54, 1.807) is 0 Å². The van der Waals surface area contributed by atoms with Gasteiger partial charge >= 0.3 is 0 Å². The molecule has 1 fully saturated rings. The Bertz CT molecular complexity index is 227. The van der Waals surface area contributed by atoms with E-state index in [2.05, 4.69) is 6.92 Å². The van der Waals surface area contributed by atoms with Gasteiger partial charge in [-0.25, -0.2) is 0 Å². The van der Waals surface area contributed by atoms with Crippen LogP contribution in [0.1, 0.15) is 39.0 Å². The van der Waals surface area contributed by atoms with Crippen molar-refractivity contribution in [3.63, 3.8) is 0 Å². The minimum atomic E-state index is 0.226. The van der Waals surface area contributed by atoms with E-state index in [1.165, 1.54) is 0 Å². The van der Waals surface area contributed by atoms with Crippen molar-refractivity contribution in [3.05, 3.63) is 0 Å². The molecular weight excluding hydrogens is 216 g/mol. The second kappa shape index (κ2) is 7.67. The van der Waals surface area contributed by atoms with Gasteiger partial charge in [-0.3, -0.25) is 4.79 Å². The highest BCUT2D eigenvalue weighted by Gasteiger charge is 2.20. The number of carbonyl (C=O) groups is 1. The van der Waals surface area contributed by atoms with Gasteiger partial charge in [0.15, 0.2) is 0 Å². The Morgan fingerprint density at radius 3 is 2.88 bits per heavy atom. The van der Waals surface area contributed by atoms with Crippen LogP contribution < -0.4 is 5.73 Å². The van der Waals surface area contributed by atoms with Gasteiger partial charge in [-0.05, 0) is 38.1 Å². The summed E-state index contributed by atoms with van der Waals surface area (Å²) in [4.78, 5) is 13.7. The highest BCUT2D eigenvalue weighted by Crippen LogP contribution is 2.14. The van der Waals surface area contributed by atoms with Crippen LogP contribution in [0, 0.1) is 5.92 Å². The molecule has 1 saturated heterocycles. The minimum Gasteiger partial charge on any atom is -0.376 e. The highest BCUT2D eigenvalue weighted by molar-refractivity contribution is 5.75. The number of hydrogen-bond acceptors (Lipinski definition) is 3. The van der Waals surface area contributed by atoms with Crippen LogP contribution in [0.3, 0.4) is 0 Å². The zero-order valence-corrected chi connectivity index (χ0v) is 11.2. The maximum absolute atomic E-state index is 11.9. The maximum Gasteiger partial charge on any atom is 0.222 e. The van der Waals surface area contributed by atoms with Crippen molar-refractivity contribution < 1.29 is 9.53 Å². The molecule has 0 aromatic heterocycles. The Morgan fingerprint density at radius 2 is 2.29 bits per heavy atom. The van der Waals surface area contributed by atoms with Crippen LogP contribution in [0.4, 0.5) is 0 Å². The largest absolute Gasteiger partial charge is 0.376 e. The Kier molecular flexibility index (Phi) is 6.52. The van der Waals surface area contributed by atoms with E-state index in [0.717, 1.165) is 38.8 Å². The topological polar surface area (TPSA) is 55.6 Å². The summed E-state index contributed by atoms with van der Waals surface area (Å²) >= 11 is 0. The van der Waals surface area contributed by atoms with E-state index in [-0.39, 0.29) is 12.0 Å². The Morgan fingerprint density at radius 1 is 1.53 bits per heavy atom. The quantitative estimate of drug-likeness (QED) is 0.734. The lowest BCUT2D eigenvalue weighted by atomic mass is 10.0. The molecule has 1 rings (SSSR count). The third kappa shape index (κ3) is 5.50. The van der Waals surface area contributed by atoms with Gasteiger partial charge in [0.25, 0.3) is 0 Å². The van der Waals surface area contributed by atoms with Crippen molar-refractivity contribution in [3.8, 4) is 0 Å². The molecule has 17 heavy (non-hydrogen) atoms. The molecule has 0 saturated carbocycles. The first kappa shape index (κ1) is 14.5. The van der Waals surface area contributed by atoms with Crippen LogP contribution in [0.25, 0.3) is 0 Å². The average molecular weight is 242 g/mol. The standard InChI is InChI=1S/C13H26N2O2/c1-11(7-8-14)5-6-13(16)15(2)10-12-4-3-9-17-12/h11-12H,3-10,14H2,1-2H3. The monoisotopic (exact) mass is 242 g/mol. The molecule has 1 aliphatic heterocycles. The summed E-state index contributed by atoms with van der Waals surface area (Å²) in [6, 6.07) is 0. The Hall–Kier alpha value is -0.610. The molecule has 0 radical (unpaired) electrons. The van der Waals surface area contributed by atoms with Gasteiger partial charge < -0.3 is 15.4 Å². The fourth-order valence-corrected chi connectivity index (χ4v) is 2.19. The summed E-state index contributed by atoms with van der Waals surface area (Å²) in [5.41, 5.74) is 5.49. The average Bonchev–Trinajstić information content (AvgIpc) is 2.79. The molecule has 0 aromatic rings. The minimum absolute atomic E-state index is 0.226. The number of nitrogens with two attached hydrogens (primary N) is 1. The summed E-state index contributed by atoms with van der Waals surface area (Å²) in [7, 11) is 1.87. The van der Waals surface area contributed by atoms with Crippen molar-refractivity contribution in [1.29, 1.82) is 0 Å². The molecule has 100 valence electrons. The van der Waals surface area contributed by atoms with Gasteiger partial charge in [0.05, 0.1) is 6.10 Å². The maximum atomic E-state index is 11.9. The van der Waals surface area contributed by atoms with Gasteiger partial charge in [0, 0.05) is 26.6 Å². The summed E-state index contributed by atoms with van der Waals surface area (Å²) in [5.74, 6) is 0.768. The summed E-state index contributed by atoms with van der Waals surface area (Å²) in [6.07, 6.45) is 5.03. The summed E-state index contributed by atoms with van der Waals surface area (Å²) in [6.45, 7) is 4.45. The van der Waals surface area contributed by atoms with E-state index in [0.29, 0.717) is 18.9 Å². The number of ether oxygens (including phenoxy) is 1. The van der Waals surface area contributed by atoms with Crippen LogP contribution in [-0.4, -0.2) is 43.7 Å². The first-order valence-corrected chi connectivity index (χ1v) is 6.69. The van der Waals surface area contributed by atoms with Crippen molar-refractivity contribution in [2.45, 2.75) is 45.1 Å². The smallest absolute Gasteiger partial charge is 0.222 e. The SMILES string of the molecule is CC(CCN)CCC(=O)N(C)CC1CCCO1. The molecule has 2 N–H and O–H groups in total. The van der Waals surface area contributed by atoms with E-state index in [1.807, 2.05) is 11.9 Å². The highest BCUT2D eigenvalue weighted by atomic mass is 16.5. The van der Waals surface area contributed by atoms with Crippen LogP contribution in [0.5, 0.6) is 0 Å². The summed E-state index contributed by atoms with van der Waals surface area (Å²) < 4.78 is 5.53. The van der Waals surface area contributed by atoms with Crippen molar-refractivity contribution in [2.24, 2.45) is 11.7 Å². The fourth-order valence-electron chi connectivity index (χ4n) is 2.19. The molecule has 4 heteroatoms. The zero-order valence-electron chi connectivity index (χ0n) is 11.2. The predicted octanol–water partition coefficient (Wildman–Crippen LogP) is 1.39. The number of nitrogens with zero attached hydrogens (tertiary/aromatic N) is 1. The van der Waals surface area contributed by atoms with Gasteiger partial charge in [-0.2, -0.15) is 0 Å². The van der Waals surface area contributed by atoms with E-state index in [4.69, 9.17) is 10.5 Å². The van der Waals surface area contributed by atoms with Crippen molar-refractivity contribution in [2.75, 3.05) is 26.7 Å². The third-order valence-electron chi connectivity index (χ3n) is 3.44. The lowest BCUT2D eigenvalue weighted by Gasteiger charge is -2.21. The fraction of sp³-hybridized carbons (Fsp3) is 0.923. The van der Waals surface area contributed by atoms with Crippen LogP contribution >= 0.6 is 0 Å². The van der Waals surface area contributed by atoms with Gasteiger partial charge in [-0.15, -0.1) is 0 Å². The van der Waals surface area contributed by atoms with Crippen molar-refractivity contribution in [1.82, 2.24) is 4.90 Å². The van der Waals surface area contributed by atoms with Crippen LogP contribution in [0.2, 0.25) is 0 Å². The number of likely N-dealkylation sites (N-methyl/N-ethyl adjacent to an activating group) is 1.